The standard InChI is InChI=1S/C15H15ClO/c1-10-8-14(17)13(11(2)15(10)16)9-12-6-4-3-5-7-12/h3-8,17H,9H2,1-2H3. The highest BCUT2D eigenvalue weighted by atomic mass is 35.5. The maximum Gasteiger partial charge on any atom is 0.119 e. The van der Waals surface area contributed by atoms with E-state index in [-0.39, 0.29) is 0 Å². The number of aromatic hydroxyl groups is 1. The van der Waals surface area contributed by atoms with Crippen molar-refractivity contribution in [2.45, 2.75) is 20.3 Å². The van der Waals surface area contributed by atoms with Crippen LogP contribution in [0.25, 0.3) is 0 Å². The van der Waals surface area contributed by atoms with Gasteiger partial charge in [0.2, 0.25) is 0 Å². The van der Waals surface area contributed by atoms with E-state index in [4.69, 9.17) is 11.6 Å². The fraction of sp³-hybridized carbons (Fsp3) is 0.200. The number of hydrogen-bond acceptors (Lipinski definition) is 1. The van der Waals surface area contributed by atoms with Crippen LogP contribution in [0.1, 0.15) is 22.3 Å². The molecule has 0 aliphatic carbocycles. The predicted molar refractivity (Wildman–Crippen MR) is 71.8 cm³/mol. The fourth-order valence-corrected chi connectivity index (χ4v) is 2.17. The molecule has 0 fully saturated rings. The minimum atomic E-state index is 0.327. The molecule has 0 radical (unpaired) electrons. The predicted octanol–water partition coefficient (Wildman–Crippen LogP) is 4.25. The van der Waals surface area contributed by atoms with Gasteiger partial charge in [-0.25, -0.2) is 0 Å². The van der Waals surface area contributed by atoms with Crippen molar-refractivity contribution in [2.75, 3.05) is 0 Å². The Balaban J connectivity index is 2.43. The van der Waals surface area contributed by atoms with Gasteiger partial charge in [-0.15, -0.1) is 0 Å². The number of phenols is 1. The molecule has 2 heteroatoms. The average molecular weight is 247 g/mol. The first-order valence-electron chi connectivity index (χ1n) is 5.61. The molecule has 0 saturated heterocycles. The van der Waals surface area contributed by atoms with Crippen LogP contribution in [0.2, 0.25) is 5.02 Å². The molecule has 0 atom stereocenters. The third kappa shape index (κ3) is 2.45. The van der Waals surface area contributed by atoms with E-state index < -0.39 is 0 Å². The summed E-state index contributed by atoms with van der Waals surface area (Å²) in [6, 6.07) is 11.8. The molecule has 88 valence electrons. The first-order valence-corrected chi connectivity index (χ1v) is 5.99. The van der Waals surface area contributed by atoms with Gasteiger partial charge in [0.25, 0.3) is 0 Å². The monoisotopic (exact) mass is 246 g/mol. The van der Waals surface area contributed by atoms with Crippen molar-refractivity contribution in [1.82, 2.24) is 0 Å². The van der Waals surface area contributed by atoms with E-state index in [0.717, 1.165) is 21.7 Å². The van der Waals surface area contributed by atoms with E-state index in [2.05, 4.69) is 0 Å². The summed E-state index contributed by atoms with van der Waals surface area (Å²) in [5.41, 5.74) is 3.96. The second-order valence-electron chi connectivity index (χ2n) is 4.29. The molecule has 0 aliphatic rings. The Labute approximate surface area is 107 Å². The van der Waals surface area contributed by atoms with Crippen molar-refractivity contribution in [3.63, 3.8) is 0 Å². The highest BCUT2D eigenvalue weighted by Gasteiger charge is 2.11. The van der Waals surface area contributed by atoms with Gasteiger partial charge in [-0.1, -0.05) is 41.9 Å². The molecule has 0 amide bonds. The lowest BCUT2D eigenvalue weighted by Crippen LogP contribution is -1.95. The number of phenolic OH excluding ortho intramolecular Hbond substituents is 1. The van der Waals surface area contributed by atoms with Crippen molar-refractivity contribution >= 4 is 11.6 Å². The molecule has 1 N–H and O–H groups in total. The smallest absolute Gasteiger partial charge is 0.119 e. The Bertz CT molecular complexity index is 532. The molecule has 0 unspecified atom stereocenters. The van der Waals surface area contributed by atoms with Crippen LogP contribution in [0.4, 0.5) is 0 Å². The summed E-state index contributed by atoms with van der Waals surface area (Å²) < 4.78 is 0. The van der Waals surface area contributed by atoms with Gasteiger partial charge in [0.05, 0.1) is 0 Å². The van der Waals surface area contributed by atoms with Crippen LogP contribution in [0.3, 0.4) is 0 Å². The van der Waals surface area contributed by atoms with Crippen molar-refractivity contribution < 1.29 is 5.11 Å². The summed E-state index contributed by atoms with van der Waals surface area (Å²) >= 11 is 6.21. The van der Waals surface area contributed by atoms with Crippen LogP contribution in [-0.4, -0.2) is 5.11 Å². The van der Waals surface area contributed by atoms with Gasteiger partial charge >= 0.3 is 0 Å². The highest BCUT2D eigenvalue weighted by molar-refractivity contribution is 6.32. The Hall–Kier alpha value is -1.47. The van der Waals surface area contributed by atoms with Crippen molar-refractivity contribution in [3.05, 3.63) is 63.7 Å². The quantitative estimate of drug-likeness (QED) is 0.840. The molecule has 2 aromatic carbocycles. The van der Waals surface area contributed by atoms with Gasteiger partial charge < -0.3 is 5.11 Å². The molecule has 0 bridgehead atoms. The Morgan fingerprint density at radius 2 is 1.76 bits per heavy atom. The van der Waals surface area contributed by atoms with Gasteiger partial charge in [0.15, 0.2) is 0 Å². The SMILES string of the molecule is Cc1cc(O)c(Cc2ccccc2)c(C)c1Cl. The molecule has 17 heavy (non-hydrogen) atoms. The van der Waals surface area contributed by atoms with Gasteiger partial charge in [0, 0.05) is 17.0 Å². The molecule has 2 aromatic rings. The van der Waals surface area contributed by atoms with Crippen LogP contribution in [0.15, 0.2) is 36.4 Å². The van der Waals surface area contributed by atoms with E-state index in [0.29, 0.717) is 12.2 Å². The fourth-order valence-electron chi connectivity index (χ4n) is 2.00. The molecule has 2 rings (SSSR count). The van der Waals surface area contributed by atoms with Gasteiger partial charge in [-0.05, 0) is 36.6 Å². The van der Waals surface area contributed by atoms with Gasteiger partial charge in [-0.3, -0.25) is 0 Å². The second-order valence-corrected chi connectivity index (χ2v) is 4.67. The lowest BCUT2D eigenvalue weighted by molar-refractivity contribution is 0.468. The van der Waals surface area contributed by atoms with Gasteiger partial charge in [0.1, 0.15) is 5.75 Å². The van der Waals surface area contributed by atoms with E-state index in [1.54, 1.807) is 6.07 Å². The van der Waals surface area contributed by atoms with E-state index >= 15 is 0 Å². The largest absolute Gasteiger partial charge is 0.508 e. The number of halogens is 1. The van der Waals surface area contributed by atoms with Crippen LogP contribution >= 0.6 is 11.6 Å². The van der Waals surface area contributed by atoms with E-state index in [9.17, 15) is 5.11 Å². The Kier molecular flexibility index (Phi) is 3.39. The first kappa shape index (κ1) is 12.0. The normalized spacial score (nSPS) is 10.5. The number of rotatable bonds is 2. The summed E-state index contributed by atoms with van der Waals surface area (Å²) in [4.78, 5) is 0. The van der Waals surface area contributed by atoms with E-state index in [1.807, 2.05) is 44.2 Å². The minimum Gasteiger partial charge on any atom is -0.508 e. The van der Waals surface area contributed by atoms with Crippen LogP contribution in [0, 0.1) is 13.8 Å². The molecular weight excluding hydrogens is 232 g/mol. The number of aryl methyl sites for hydroxylation is 1. The van der Waals surface area contributed by atoms with Crippen molar-refractivity contribution in [2.24, 2.45) is 0 Å². The molecule has 0 heterocycles. The molecule has 0 spiro atoms. The summed E-state index contributed by atoms with van der Waals surface area (Å²) in [5, 5.41) is 10.7. The molecular formula is C15H15ClO. The third-order valence-corrected chi connectivity index (χ3v) is 3.60. The summed E-state index contributed by atoms with van der Waals surface area (Å²) in [6.07, 6.45) is 0.707. The first-order chi connectivity index (χ1) is 8.09. The van der Waals surface area contributed by atoms with Gasteiger partial charge in [-0.2, -0.15) is 0 Å². The van der Waals surface area contributed by atoms with Crippen molar-refractivity contribution in [3.8, 4) is 5.75 Å². The van der Waals surface area contributed by atoms with Crippen LogP contribution in [-0.2, 0) is 6.42 Å². The lowest BCUT2D eigenvalue weighted by atomic mass is 9.97. The third-order valence-electron chi connectivity index (χ3n) is 3.01. The summed E-state index contributed by atoms with van der Waals surface area (Å²) in [6.45, 7) is 3.86. The Morgan fingerprint density at radius 1 is 1.12 bits per heavy atom. The average Bonchev–Trinajstić information content (AvgIpc) is 2.33. The number of hydrogen-bond donors (Lipinski definition) is 1. The summed E-state index contributed by atoms with van der Waals surface area (Å²) in [7, 11) is 0. The maximum absolute atomic E-state index is 10.00. The lowest BCUT2D eigenvalue weighted by Gasteiger charge is -2.12. The Morgan fingerprint density at radius 3 is 2.41 bits per heavy atom. The highest BCUT2D eigenvalue weighted by Crippen LogP contribution is 2.32. The second kappa shape index (κ2) is 4.80. The topological polar surface area (TPSA) is 20.2 Å². The zero-order chi connectivity index (χ0) is 12.4. The molecule has 0 aromatic heterocycles. The zero-order valence-corrected chi connectivity index (χ0v) is 10.8. The van der Waals surface area contributed by atoms with Crippen LogP contribution in [0.5, 0.6) is 5.75 Å². The number of benzene rings is 2. The zero-order valence-electron chi connectivity index (χ0n) is 10.00. The minimum absolute atomic E-state index is 0.327. The van der Waals surface area contributed by atoms with Crippen molar-refractivity contribution in [1.29, 1.82) is 0 Å². The molecule has 0 saturated carbocycles. The maximum atomic E-state index is 10.00. The van der Waals surface area contributed by atoms with E-state index in [1.165, 1.54) is 5.56 Å². The molecule has 1 nitrogen and oxygen atoms in total. The molecule has 0 aliphatic heterocycles. The van der Waals surface area contributed by atoms with Crippen LogP contribution < -0.4 is 0 Å². The summed E-state index contributed by atoms with van der Waals surface area (Å²) in [5.74, 6) is 0.327.